The molecule has 0 aliphatic carbocycles. The Morgan fingerprint density at radius 2 is 1.89 bits per heavy atom. The standard InChI is InChI=1S/C22H18ClF4N3O6/c1-3-7-34-19(32)11-35-20-15(5-4-6-28-20)36-16-9-14(13(24)8-12(16)23)30-18(31)10-17(22(25,26)27)29(2)21(30)33/h4-6,8-10H,3,7,11H2,1-2H3. The number of hydrogen-bond acceptors (Lipinski definition) is 7. The number of esters is 1. The third-order valence-electron chi connectivity index (χ3n) is 4.60. The van der Waals surface area contributed by atoms with Gasteiger partial charge in [0, 0.05) is 25.4 Å². The highest BCUT2D eigenvalue weighted by Crippen LogP contribution is 2.36. The molecule has 3 rings (SSSR count). The first kappa shape index (κ1) is 26.7. The molecule has 9 nitrogen and oxygen atoms in total. The molecule has 0 aliphatic heterocycles. The van der Waals surface area contributed by atoms with Gasteiger partial charge in [-0.1, -0.05) is 18.5 Å². The molecule has 0 bridgehead atoms. The second-order valence-electron chi connectivity index (χ2n) is 7.19. The maximum absolute atomic E-state index is 14.7. The molecule has 0 amide bonds. The smallest absolute Gasteiger partial charge is 0.431 e. The number of hydrogen-bond donors (Lipinski definition) is 0. The quantitative estimate of drug-likeness (QED) is 0.321. The second kappa shape index (κ2) is 10.8. The number of alkyl halides is 3. The van der Waals surface area contributed by atoms with Crippen LogP contribution in [0.3, 0.4) is 0 Å². The lowest BCUT2D eigenvalue weighted by Gasteiger charge is -2.16. The van der Waals surface area contributed by atoms with Crippen molar-refractivity contribution in [2.75, 3.05) is 13.2 Å². The van der Waals surface area contributed by atoms with Crippen LogP contribution in [-0.2, 0) is 22.8 Å². The van der Waals surface area contributed by atoms with Crippen molar-refractivity contribution in [1.29, 1.82) is 0 Å². The van der Waals surface area contributed by atoms with E-state index in [0.29, 0.717) is 6.42 Å². The van der Waals surface area contributed by atoms with Gasteiger partial charge in [0.15, 0.2) is 12.4 Å². The molecule has 0 aliphatic rings. The first-order chi connectivity index (χ1) is 16.9. The van der Waals surface area contributed by atoms with E-state index in [1.165, 1.54) is 18.3 Å². The lowest BCUT2D eigenvalue weighted by molar-refractivity contribution is -0.146. The van der Waals surface area contributed by atoms with E-state index in [0.717, 1.165) is 19.2 Å². The van der Waals surface area contributed by atoms with Gasteiger partial charge in [-0.25, -0.2) is 23.5 Å². The third kappa shape index (κ3) is 5.85. The monoisotopic (exact) mass is 531 g/mol. The number of ether oxygens (including phenoxy) is 3. The molecule has 36 heavy (non-hydrogen) atoms. The van der Waals surface area contributed by atoms with Crippen molar-refractivity contribution in [2.24, 2.45) is 7.05 Å². The predicted molar refractivity (Wildman–Crippen MR) is 118 cm³/mol. The van der Waals surface area contributed by atoms with Gasteiger partial charge in [0.05, 0.1) is 17.3 Å². The summed E-state index contributed by atoms with van der Waals surface area (Å²) >= 11 is 6.05. The van der Waals surface area contributed by atoms with Gasteiger partial charge in [0.1, 0.15) is 17.3 Å². The van der Waals surface area contributed by atoms with E-state index in [4.69, 9.17) is 25.8 Å². The highest BCUT2D eigenvalue weighted by atomic mass is 35.5. The van der Waals surface area contributed by atoms with Crippen molar-refractivity contribution in [3.05, 3.63) is 73.9 Å². The Morgan fingerprint density at radius 1 is 1.17 bits per heavy atom. The molecular weight excluding hydrogens is 514 g/mol. The zero-order chi connectivity index (χ0) is 26.6. The fourth-order valence-electron chi connectivity index (χ4n) is 2.95. The fourth-order valence-corrected chi connectivity index (χ4v) is 3.14. The van der Waals surface area contributed by atoms with Crippen LogP contribution < -0.4 is 20.7 Å². The van der Waals surface area contributed by atoms with E-state index in [9.17, 15) is 31.9 Å². The highest BCUT2D eigenvalue weighted by molar-refractivity contribution is 6.32. The van der Waals surface area contributed by atoms with Crippen molar-refractivity contribution < 1.29 is 36.6 Å². The Kier molecular flexibility index (Phi) is 8.03. The van der Waals surface area contributed by atoms with Crippen LogP contribution >= 0.6 is 11.6 Å². The van der Waals surface area contributed by atoms with Gasteiger partial charge < -0.3 is 14.2 Å². The normalized spacial score (nSPS) is 11.3. The molecule has 0 radical (unpaired) electrons. The molecular formula is C22H18ClF4N3O6. The number of halogens is 5. The largest absolute Gasteiger partial charge is 0.463 e. The van der Waals surface area contributed by atoms with E-state index in [1.54, 1.807) is 0 Å². The van der Waals surface area contributed by atoms with Crippen molar-refractivity contribution >= 4 is 17.6 Å². The van der Waals surface area contributed by atoms with Gasteiger partial charge in [-0.15, -0.1) is 0 Å². The van der Waals surface area contributed by atoms with E-state index in [2.05, 4.69) is 4.98 Å². The average Bonchev–Trinajstić information content (AvgIpc) is 2.81. The van der Waals surface area contributed by atoms with Gasteiger partial charge in [0.25, 0.3) is 11.4 Å². The van der Waals surface area contributed by atoms with E-state index < -0.39 is 47.2 Å². The zero-order valence-corrected chi connectivity index (χ0v) is 19.5. The topological polar surface area (TPSA) is 102 Å². The first-order valence-electron chi connectivity index (χ1n) is 10.2. The summed E-state index contributed by atoms with van der Waals surface area (Å²) < 4.78 is 70.3. The second-order valence-corrected chi connectivity index (χ2v) is 7.60. The molecule has 0 saturated carbocycles. The van der Waals surface area contributed by atoms with Crippen molar-refractivity contribution in [3.63, 3.8) is 0 Å². The van der Waals surface area contributed by atoms with Crippen LogP contribution in [0.1, 0.15) is 19.0 Å². The Hall–Kier alpha value is -3.87. The van der Waals surface area contributed by atoms with Crippen LogP contribution in [0.2, 0.25) is 5.02 Å². The minimum atomic E-state index is -4.99. The number of carbonyl (C=O) groups excluding carboxylic acids is 1. The summed E-state index contributed by atoms with van der Waals surface area (Å²) in [5.74, 6) is -2.35. The highest BCUT2D eigenvalue weighted by Gasteiger charge is 2.35. The number of benzene rings is 1. The number of carbonyl (C=O) groups is 1. The summed E-state index contributed by atoms with van der Waals surface area (Å²) in [4.78, 5) is 40.6. The Labute approximate surface area is 205 Å². The molecule has 192 valence electrons. The molecule has 2 aromatic heterocycles. The molecule has 0 N–H and O–H groups in total. The molecule has 0 atom stereocenters. The van der Waals surface area contributed by atoms with Gasteiger partial charge in [-0.3, -0.25) is 9.36 Å². The van der Waals surface area contributed by atoms with Gasteiger partial charge >= 0.3 is 17.8 Å². The minimum Gasteiger partial charge on any atom is -0.463 e. The van der Waals surface area contributed by atoms with Crippen LogP contribution in [0.25, 0.3) is 5.69 Å². The van der Waals surface area contributed by atoms with Gasteiger partial charge in [-0.05, 0) is 24.6 Å². The van der Waals surface area contributed by atoms with Crippen LogP contribution in [0.5, 0.6) is 17.4 Å². The van der Waals surface area contributed by atoms with Crippen LogP contribution in [0.4, 0.5) is 17.6 Å². The van der Waals surface area contributed by atoms with E-state index >= 15 is 0 Å². The minimum absolute atomic E-state index is 0.0760. The van der Waals surface area contributed by atoms with Gasteiger partial charge in [-0.2, -0.15) is 13.2 Å². The molecule has 0 unspecified atom stereocenters. The molecule has 2 heterocycles. The number of nitrogens with zero attached hydrogens (tertiary/aromatic N) is 3. The van der Waals surface area contributed by atoms with E-state index in [-0.39, 0.29) is 44.2 Å². The Bertz CT molecular complexity index is 1400. The fraction of sp³-hybridized carbons (Fsp3) is 0.273. The Balaban J connectivity index is 2.00. The third-order valence-corrected chi connectivity index (χ3v) is 4.90. The molecule has 0 saturated heterocycles. The molecule has 0 spiro atoms. The van der Waals surface area contributed by atoms with Crippen LogP contribution in [0, 0.1) is 5.82 Å². The number of rotatable bonds is 8. The first-order valence-corrected chi connectivity index (χ1v) is 10.6. The molecule has 1 aromatic carbocycles. The van der Waals surface area contributed by atoms with Crippen LogP contribution in [-0.4, -0.2) is 33.3 Å². The predicted octanol–water partition coefficient (Wildman–Crippen LogP) is 3.87. The number of aromatic nitrogens is 3. The zero-order valence-electron chi connectivity index (χ0n) is 18.8. The number of pyridine rings is 1. The summed E-state index contributed by atoms with van der Waals surface area (Å²) in [7, 11) is 0.789. The van der Waals surface area contributed by atoms with Gasteiger partial charge in [0.2, 0.25) is 0 Å². The Morgan fingerprint density at radius 3 is 2.56 bits per heavy atom. The summed E-state index contributed by atoms with van der Waals surface area (Å²) in [6.07, 6.45) is -3.04. The molecule has 0 fully saturated rings. The maximum Gasteiger partial charge on any atom is 0.431 e. The maximum atomic E-state index is 14.7. The van der Waals surface area contributed by atoms with Crippen LogP contribution in [0.15, 0.2) is 46.1 Å². The summed E-state index contributed by atoms with van der Waals surface area (Å²) in [5.41, 5.74) is -5.08. The summed E-state index contributed by atoms with van der Waals surface area (Å²) in [6.45, 7) is 1.52. The summed E-state index contributed by atoms with van der Waals surface area (Å²) in [5, 5.41) is -0.301. The summed E-state index contributed by atoms with van der Waals surface area (Å²) in [6, 6.07) is 4.57. The average molecular weight is 532 g/mol. The SMILES string of the molecule is CCCOC(=O)COc1ncccc1Oc1cc(-n2c(=O)cc(C(F)(F)F)n(C)c2=O)c(F)cc1Cl. The van der Waals surface area contributed by atoms with Crippen molar-refractivity contribution in [1.82, 2.24) is 14.1 Å². The lowest BCUT2D eigenvalue weighted by Crippen LogP contribution is -2.41. The van der Waals surface area contributed by atoms with Crippen molar-refractivity contribution in [3.8, 4) is 23.1 Å². The molecule has 14 heteroatoms. The molecule has 3 aromatic rings. The van der Waals surface area contributed by atoms with Crippen molar-refractivity contribution in [2.45, 2.75) is 19.5 Å². The van der Waals surface area contributed by atoms with E-state index in [1.807, 2.05) is 6.92 Å². The lowest BCUT2D eigenvalue weighted by atomic mass is 10.2.